The van der Waals surface area contributed by atoms with Crippen molar-refractivity contribution < 1.29 is 9.50 Å². The first-order valence-corrected chi connectivity index (χ1v) is 6.64. The first-order chi connectivity index (χ1) is 8.20. The lowest BCUT2D eigenvalue weighted by molar-refractivity contribution is 0.108. The number of hydrogen-bond donors (Lipinski definition) is 1. The molecule has 0 bridgehead atoms. The van der Waals surface area contributed by atoms with Crippen molar-refractivity contribution in [2.45, 2.75) is 45.1 Å². The van der Waals surface area contributed by atoms with Gasteiger partial charge in [-0.1, -0.05) is 38.3 Å². The summed E-state index contributed by atoms with van der Waals surface area (Å²) in [5.74, 6) is 0.811. The Kier molecular flexibility index (Phi) is 4.16. The molecule has 3 atom stereocenters. The zero-order chi connectivity index (χ0) is 12.3. The smallest absolute Gasteiger partial charge is 0.123 e. The molecule has 0 spiro atoms. The Morgan fingerprint density at radius 1 is 1.41 bits per heavy atom. The van der Waals surface area contributed by atoms with Gasteiger partial charge in [0.15, 0.2) is 0 Å². The van der Waals surface area contributed by atoms with E-state index in [2.05, 4.69) is 6.92 Å². The summed E-state index contributed by atoms with van der Waals surface area (Å²) >= 11 is 0. The summed E-state index contributed by atoms with van der Waals surface area (Å²) in [6.45, 7) is 2.20. The lowest BCUT2D eigenvalue weighted by atomic mass is 9.92. The third-order valence-corrected chi connectivity index (χ3v) is 3.92. The van der Waals surface area contributed by atoms with Gasteiger partial charge in [0.25, 0.3) is 0 Å². The van der Waals surface area contributed by atoms with Crippen molar-refractivity contribution in [1.82, 2.24) is 0 Å². The minimum Gasteiger partial charge on any atom is -0.388 e. The number of rotatable bonds is 4. The van der Waals surface area contributed by atoms with Gasteiger partial charge in [-0.15, -0.1) is 0 Å². The predicted molar refractivity (Wildman–Crippen MR) is 67.1 cm³/mol. The highest BCUT2D eigenvalue weighted by molar-refractivity contribution is 5.19. The van der Waals surface area contributed by atoms with E-state index in [9.17, 15) is 9.50 Å². The lowest BCUT2D eigenvalue weighted by Crippen LogP contribution is -2.10. The Balaban J connectivity index is 1.99. The van der Waals surface area contributed by atoms with Crippen molar-refractivity contribution in [3.8, 4) is 0 Å². The zero-order valence-electron chi connectivity index (χ0n) is 10.4. The van der Waals surface area contributed by atoms with Crippen molar-refractivity contribution in [3.63, 3.8) is 0 Å². The van der Waals surface area contributed by atoms with Crippen LogP contribution in [-0.4, -0.2) is 5.11 Å². The zero-order valence-corrected chi connectivity index (χ0v) is 10.4. The van der Waals surface area contributed by atoms with Gasteiger partial charge in [0.2, 0.25) is 0 Å². The van der Waals surface area contributed by atoms with Crippen LogP contribution in [-0.2, 0) is 0 Å². The third-order valence-electron chi connectivity index (χ3n) is 3.92. The molecule has 1 saturated carbocycles. The van der Waals surface area contributed by atoms with Gasteiger partial charge >= 0.3 is 0 Å². The summed E-state index contributed by atoms with van der Waals surface area (Å²) in [6.07, 6.45) is 5.35. The Morgan fingerprint density at radius 3 is 2.94 bits per heavy atom. The van der Waals surface area contributed by atoms with Crippen LogP contribution in [0.5, 0.6) is 0 Å². The molecule has 0 saturated heterocycles. The maximum atomic E-state index is 13.1. The van der Waals surface area contributed by atoms with Gasteiger partial charge in [0, 0.05) is 0 Å². The largest absolute Gasteiger partial charge is 0.388 e. The molecule has 0 heterocycles. The molecule has 94 valence electrons. The van der Waals surface area contributed by atoms with Crippen LogP contribution in [0.1, 0.15) is 50.7 Å². The standard InChI is InChI=1S/C15H21FO/c1-2-4-11-7-8-13(9-11)15(17)12-5-3-6-14(16)10-12/h3,5-6,10-11,13,15,17H,2,4,7-9H2,1H3/t11-,13+,15-/m0/s1. The van der Waals surface area contributed by atoms with Gasteiger partial charge in [0.1, 0.15) is 5.82 Å². The van der Waals surface area contributed by atoms with Gasteiger partial charge in [-0.25, -0.2) is 4.39 Å². The summed E-state index contributed by atoms with van der Waals surface area (Å²) in [5.41, 5.74) is 0.729. The molecule has 2 heteroatoms. The van der Waals surface area contributed by atoms with Crippen molar-refractivity contribution in [2.75, 3.05) is 0 Å². The first-order valence-electron chi connectivity index (χ1n) is 6.64. The van der Waals surface area contributed by atoms with Gasteiger partial charge in [-0.3, -0.25) is 0 Å². The topological polar surface area (TPSA) is 20.2 Å². The Labute approximate surface area is 103 Å². The van der Waals surface area contributed by atoms with Crippen molar-refractivity contribution >= 4 is 0 Å². The van der Waals surface area contributed by atoms with Gasteiger partial charge < -0.3 is 5.11 Å². The fourth-order valence-corrected chi connectivity index (χ4v) is 3.03. The van der Waals surface area contributed by atoms with Gasteiger partial charge in [-0.2, -0.15) is 0 Å². The molecule has 1 fully saturated rings. The molecule has 1 aromatic rings. The minimum absolute atomic E-state index is 0.260. The van der Waals surface area contributed by atoms with Crippen LogP contribution >= 0.6 is 0 Å². The Morgan fingerprint density at radius 2 is 2.24 bits per heavy atom. The normalized spacial score (nSPS) is 26.1. The minimum atomic E-state index is -0.493. The molecule has 1 aliphatic carbocycles. The fraction of sp³-hybridized carbons (Fsp3) is 0.600. The van der Waals surface area contributed by atoms with E-state index in [-0.39, 0.29) is 5.82 Å². The summed E-state index contributed by atoms with van der Waals surface area (Å²) in [4.78, 5) is 0. The SMILES string of the molecule is CCC[C@H]1CC[C@@H]([C@@H](O)c2cccc(F)c2)C1. The Bertz CT molecular complexity index is 364. The van der Waals surface area contributed by atoms with Crippen LogP contribution < -0.4 is 0 Å². The summed E-state index contributed by atoms with van der Waals surface area (Å²) in [5, 5.41) is 10.3. The lowest BCUT2D eigenvalue weighted by Gasteiger charge is -2.18. The van der Waals surface area contributed by atoms with Crippen LogP contribution in [0.15, 0.2) is 24.3 Å². The molecule has 1 aliphatic rings. The molecule has 0 aromatic heterocycles. The highest BCUT2D eigenvalue weighted by atomic mass is 19.1. The highest BCUT2D eigenvalue weighted by Crippen LogP contribution is 2.40. The van der Waals surface area contributed by atoms with E-state index in [4.69, 9.17) is 0 Å². The summed E-state index contributed by atoms with van der Waals surface area (Å²) < 4.78 is 13.1. The maximum absolute atomic E-state index is 13.1. The maximum Gasteiger partial charge on any atom is 0.123 e. The molecule has 1 N–H and O–H groups in total. The second-order valence-electron chi connectivity index (χ2n) is 5.23. The van der Waals surface area contributed by atoms with Crippen molar-refractivity contribution in [3.05, 3.63) is 35.6 Å². The number of aliphatic hydroxyl groups excluding tert-OH is 1. The molecule has 1 nitrogen and oxygen atoms in total. The van der Waals surface area contributed by atoms with Crippen LogP contribution in [0.25, 0.3) is 0 Å². The van der Waals surface area contributed by atoms with E-state index >= 15 is 0 Å². The molecule has 17 heavy (non-hydrogen) atoms. The average Bonchev–Trinajstić information content (AvgIpc) is 2.77. The number of halogens is 1. The highest BCUT2D eigenvalue weighted by Gasteiger charge is 2.30. The van der Waals surface area contributed by atoms with Crippen LogP contribution in [0, 0.1) is 17.7 Å². The van der Waals surface area contributed by atoms with E-state index in [0.29, 0.717) is 5.92 Å². The number of aliphatic hydroxyl groups is 1. The molecule has 0 aliphatic heterocycles. The second-order valence-corrected chi connectivity index (χ2v) is 5.23. The monoisotopic (exact) mass is 236 g/mol. The van der Waals surface area contributed by atoms with Crippen LogP contribution in [0.2, 0.25) is 0 Å². The van der Waals surface area contributed by atoms with Crippen LogP contribution in [0.4, 0.5) is 4.39 Å². The van der Waals surface area contributed by atoms with E-state index in [1.165, 1.54) is 31.4 Å². The Hall–Kier alpha value is -0.890. The quantitative estimate of drug-likeness (QED) is 0.835. The second kappa shape index (κ2) is 5.63. The molecule has 0 amide bonds. The molecule has 1 aromatic carbocycles. The summed E-state index contributed by atoms with van der Waals surface area (Å²) in [6, 6.07) is 6.37. The van der Waals surface area contributed by atoms with E-state index in [1.807, 2.05) is 6.07 Å². The van der Waals surface area contributed by atoms with Crippen molar-refractivity contribution in [1.29, 1.82) is 0 Å². The molecular formula is C15H21FO. The fourth-order valence-electron chi connectivity index (χ4n) is 3.03. The first kappa shape index (κ1) is 12.6. The third kappa shape index (κ3) is 3.06. The average molecular weight is 236 g/mol. The van der Waals surface area contributed by atoms with Gasteiger partial charge in [0.05, 0.1) is 6.10 Å². The molecule has 0 unspecified atom stereocenters. The summed E-state index contributed by atoms with van der Waals surface area (Å²) in [7, 11) is 0. The molecular weight excluding hydrogens is 215 g/mol. The van der Waals surface area contributed by atoms with E-state index in [1.54, 1.807) is 6.07 Å². The molecule has 0 radical (unpaired) electrons. The van der Waals surface area contributed by atoms with Crippen molar-refractivity contribution in [2.24, 2.45) is 11.8 Å². The predicted octanol–water partition coefficient (Wildman–Crippen LogP) is 4.08. The van der Waals surface area contributed by atoms with E-state index in [0.717, 1.165) is 24.3 Å². The number of hydrogen-bond acceptors (Lipinski definition) is 1. The molecule has 2 rings (SSSR count). The number of benzene rings is 1. The van der Waals surface area contributed by atoms with Crippen LogP contribution in [0.3, 0.4) is 0 Å². The van der Waals surface area contributed by atoms with Gasteiger partial charge in [-0.05, 0) is 42.4 Å². The van der Waals surface area contributed by atoms with E-state index < -0.39 is 6.10 Å².